The number of nitrogens with one attached hydrogen (secondary N) is 1. The number of anilines is 2. The summed E-state index contributed by atoms with van der Waals surface area (Å²) in [6.45, 7) is 4.04. The molecule has 0 aliphatic carbocycles. The minimum absolute atomic E-state index is 0.310. The van der Waals surface area contributed by atoms with Crippen LogP contribution in [0.15, 0.2) is 40.3 Å². The second kappa shape index (κ2) is 8.55. The van der Waals surface area contributed by atoms with Gasteiger partial charge in [0.15, 0.2) is 5.13 Å². The molecule has 0 saturated carbocycles. The van der Waals surface area contributed by atoms with Gasteiger partial charge in [0.1, 0.15) is 17.3 Å². The van der Waals surface area contributed by atoms with E-state index in [0.717, 1.165) is 54.7 Å². The second-order valence-corrected chi connectivity index (χ2v) is 7.85. The molecule has 144 valence electrons. The zero-order valence-electron chi connectivity index (χ0n) is 15.9. The Labute approximate surface area is 168 Å². The van der Waals surface area contributed by atoms with Crippen LogP contribution in [0.4, 0.5) is 10.9 Å². The molecule has 0 amide bonds. The average Bonchev–Trinajstić information content (AvgIpc) is 3.44. The highest BCUT2D eigenvalue weighted by Crippen LogP contribution is 2.35. The van der Waals surface area contributed by atoms with Crippen molar-refractivity contribution in [2.45, 2.75) is 45.2 Å². The van der Waals surface area contributed by atoms with Gasteiger partial charge in [0.25, 0.3) is 0 Å². The van der Waals surface area contributed by atoms with Crippen molar-refractivity contribution in [2.24, 2.45) is 0 Å². The van der Waals surface area contributed by atoms with Gasteiger partial charge in [-0.05, 0) is 50.1 Å². The summed E-state index contributed by atoms with van der Waals surface area (Å²) in [5.74, 6) is 2.74. The number of pyridine rings is 1. The first-order chi connectivity index (χ1) is 13.7. The fourth-order valence-electron chi connectivity index (χ4n) is 3.61. The Bertz CT molecular complexity index is 973. The summed E-state index contributed by atoms with van der Waals surface area (Å²) < 4.78 is 5.97. The van der Waals surface area contributed by atoms with E-state index in [9.17, 15) is 0 Å². The van der Waals surface area contributed by atoms with Crippen molar-refractivity contribution >= 4 is 22.3 Å². The first-order valence-corrected chi connectivity index (χ1v) is 10.5. The zero-order chi connectivity index (χ0) is 19.3. The molecule has 6 nitrogen and oxygen atoms in total. The molecule has 7 heteroatoms. The van der Waals surface area contributed by atoms with Gasteiger partial charge in [-0.2, -0.15) is 5.26 Å². The summed E-state index contributed by atoms with van der Waals surface area (Å²) in [5.41, 5.74) is 1.67. The van der Waals surface area contributed by atoms with Gasteiger partial charge in [0.05, 0.1) is 29.9 Å². The number of hydrogen-bond donors (Lipinski definition) is 1. The van der Waals surface area contributed by atoms with Gasteiger partial charge in [0, 0.05) is 18.0 Å². The van der Waals surface area contributed by atoms with E-state index < -0.39 is 0 Å². The maximum absolute atomic E-state index is 9.03. The van der Waals surface area contributed by atoms with E-state index in [1.54, 1.807) is 29.7 Å². The molecule has 0 radical (unpaired) electrons. The average molecular weight is 394 g/mol. The van der Waals surface area contributed by atoms with Crippen molar-refractivity contribution in [3.05, 3.63) is 58.6 Å². The first kappa shape index (κ1) is 18.7. The minimum Gasteiger partial charge on any atom is -0.465 e. The monoisotopic (exact) mass is 393 g/mol. The number of nitrogens with zero attached hydrogens (tertiary/aromatic N) is 4. The van der Waals surface area contributed by atoms with Gasteiger partial charge in [-0.15, -0.1) is 11.3 Å². The maximum atomic E-state index is 9.03. The molecular weight excluding hydrogens is 370 g/mol. The number of rotatable bonds is 7. The van der Waals surface area contributed by atoms with Crippen molar-refractivity contribution < 1.29 is 4.42 Å². The van der Waals surface area contributed by atoms with E-state index in [1.165, 1.54) is 6.42 Å². The first-order valence-electron chi connectivity index (χ1n) is 9.65. The lowest BCUT2D eigenvalue weighted by atomic mass is 10.1. The van der Waals surface area contributed by atoms with Crippen LogP contribution in [-0.4, -0.2) is 21.4 Å². The molecule has 1 fully saturated rings. The Morgan fingerprint density at radius 1 is 1.36 bits per heavy atom. The molecule has 3 aromatic rings. The van der Waals surface area contributed by atoms with Crippen LogP contribution in [0.1, 0.15) is 55.0 Å². The number of aryl methyl sites for hydroxylation is 1. The van der Waals surface area contributed by atoms with Crippen LogP contribution in [0.5, 0.6) is 0 Å². The topological polar surface area (TPSA) is 78.0 Å². The van der Waals surface area contributed by atoms with E-state index >= 15 is 0 Å². The highest BCUT2D eigenvalue weighted by Gasteiger charge is 2.28. The number of furan rings is 1. The molecule has 4 heterocycles. The Hall–Kier alpha value is -2.69. The summed E-state index contributed by atoms with van der Waals surface area (Å²) in [5, 5.41) is 15.2. The Balaban J connectivity index is 1.43. The number of thiazole rings is 1. The standard InChI is InChI=1S/C21H23N5OS/c1-2-4-16-6-7-17(27-16)13-26-10-3-5-19(26)18-14-28-21(24-18)25-20-11-15(12-22)8-9-23-20/h6-9,11,14,19H,2-5,10,13H2,1H3,(H,23,24,25)/t19-/m1/s1. The lowest BCUT2D eigenvalue weighted by molar-refractivity contribution is 0.223. The molecule has 1 N–H and O–H groups in total. The normalized spacial score (nSPS) is 16.9. The van der Waals surface area contributed by atoms with E-state index in [4.69, 9.17) is 14.7 Å². The minimum atomic E-state index is 0.310. The SMILES string of the molecule is CCCc1ccc(CN2CCC[C@@H]2c2csc(Nc3cc(C#N)ccn3)n2)o1. The molecule has 3 aromatic heterocycles. The van der Waals surface area contributed by atoms with E-state index in [1.807, 2.05) is 0 Å². The maximum Gasteiger partial charge on any atom is 0.188 e. The summed E-state index contributed by atoms with van der Waals surface area (Å²) in [7, 11) is 0. The molecule has 1 aliphatic rings. The quantitative estimate of drug-likeness (QED) is 0.606. The van der Waals surface area contributed by atoms with E-state index in [2.05, 4.69) is 45.7 Å². The van der Waals surface area contributed by atoms with Crippen LogP contribution in [0, 0.1) is 11.3 Å². The molecule has 1 saturated heterocycles. The summed E-state index contributed by atoms with van der Waals surface area (Å²) in [4.78, 5) is 11.5. The summed E-state index contributed by atoms with van der Waals surface area (Å²) >= 11 is 1.57. The Morgan fingerprint density at radius 2 is 2.25 bits per heavy atom. The van der Waals surface area contributed by atoms with Crippen molar-refractivity contribution in [2.75, 3.05) is 11.9 Å². The highest BCUT2D eigenvalue weighted by molar-refractivity contribution is 7.13. The van der Waals surface area contributed by atoms with Crippen LogP contribution < -0.4 is 5.32 Å². The molecule has 0 unspecified atom stereocenters. The zero-order valence-corrected chi connectivity index (χ0v) is 16.7. The van der Waals surface area contributed by atoms with E-state index in [-0.39, 0.29) is 0 Å². The van der Waals surface area contributed by atoms with Crippen molar-refractivity contribution in [1.82, 2.24) is 14.9 Å². The second-order valence-electron chi connectivity index (χ2n) is 6.99. The lowest BCUT2D eigenvalue weighted by Crippen LogP contribution is -2.22. The van der Waals surface area contributed by atoms with Gasteiger partial charge < -0.3 is 9.73 Å². The van der Waals surface area contributed by atoms with Crippen molar-refractivity contribution in [1.29, 1.82) is 5.26 Å². The van der Waals surface area contributed by atoms with E-state index in [0.29, 0.717) is 17.4 Å². The predicted molar refractivity (Wildman–Crippen MR) is 109 cm³/mol. The molecule has 0 spiro atoms. The highest BCUT2D eigenvalue weighted by atomic mass is 32.1. The molecule has 1 aliphatic heterocycles. The Kier molecular flexibility index (Phi) is 5.70. The van der Waals surface area contributed by atoms with Crippen LogP contribution >= 0.6 is 11.3 Å². The molecular formula is C21H23N5OS. The number of nitriles is 1. The number of aromatic nitrogens is 2. The molecule has 1 atom stereocenters. The number of likely N-dealkylation sites (tertiary alicyclic amines) is 1. The summed E-state index contributed by atoms with van der Waals surface area (Å²) in [6.07, 6.45) is 5.99. The molecule has 28 heavy (non-hydrogen) atoms. The van der Waals surface area contributed by atoms with Crippen molar-refractivity contribution in [3.8, 4) is 6.07 Å². The fourth-order valence-corrected chi connectivity index (χ4v) is 4.38. The fraction of sp³-hybridized carbons (Fsp3) is 0.381. The van der Waals surface area contributed by atoms with Gasteiger partial charge in [0.2, 0.25) is 0 Å². The third-order valence-corrected chi connectivity index (χ3v) is 5.70. The Morgan fingerprint density at radius 3 is 3.11 bits per heavy atom. The largest absolute Gasteiger partial charge is 0.465 e. The van der Waals surface area contributed by atoms with Crippen LogP contribution in [0.3, 0.4) is 0 Å². The third kappa shape index (κ3) is 4.24. The van der Waals surface area contributed by atoms with Crippen LogP contribution in [-0.2, 0) is 13.0 Å². The van der Waals surface area contributed by atoms with Gasteiger partial charge in [-0.3, -0.25) is 4.90 Å². The summed E-state index contributed by atoms with van der Waals surface area (Å²) in [6, 6.07) is 10.1. The van der Waals surface area contributed by atoms with Gasteiger partial charge >= 0.3 is 0 Å². The van der Waals surface area contributed by atoms with Crippen LogP contribution in [0.2, 0.25) is 0 Å². The predicted octanol–water partition coefficient (Wildman–Crippen LogP) is 5.04. The van der Waals surface area contributed by atoms with Crippen LogP contribution in [0.25, 0.3) is 0 Å². The molecule has 0 bridgehead atoms. The molecule has 0 aromatic carbocycles. The smallest absolute Gasteiger partial charge is 0.188 e. The van der Waals surface area contributed by atoms with Gasteiger partial charge in [-0.25, -0.2) is 9.97 Å². The molecule has 4 rings (SSSR count). The van der Waals surface area contributed by atoms with Gasteiger partial charge in [-0.1, -0.05) is 6.92 Å². The number of hydrogen-bond acceptors (Lipinski definition) is 7. The van der Waals surface area contributed by atoms with Crippen molar-refractivity contribution in [3.63, 3.8) is 0 Å². The third-order valence-electron chi connectivity index (χ3n) is 4.92. The lowest BCUT2D eigenvalue weighted by Gasteiger charge is -2.21.